The molecule has 0 bridgehead atoms. The summed E-state index contributed by atoms with van der Waals surface area (Å²) in [5, 5.41) is 24.6. The number of aliphatic hydroxyl groups excluding tert-OH is 2. The van der Waals surface area contributed by atoms with Crippen LogP contribution in [0.1, 0.15) is 40.5 Å². The number of aliphatic hydroxyl groups is 2. The van der Waals surface area contributed by atoms with Crippen molar-refractivity contribution < 1.29 is 76.1 Å². The predicted octanol–water partition coefficient (Wildman–Crippen LogP) is -0.960. The van der Waals surface area contributed by atoms with Gasteiger partial charge in [-0.1, -0.05) is 27.7 Å². The van der Waals surface area contributed by atoms with Crippen LogP contribution in [-0.4, -0.2) is 85.4 Å². The van der Waals surface area contributed by atoms with E-state index in [1.807, 2.05) is 0 Å². The van der Waals surface area contributed by atoms with Crippen molar-refractivity contribution in [3.63, 3.8) is 0 Å². The van der Waals surface area contributed by atoms with Crippen molar-refractivity contribution in [2.45, 2.75) is 53.0 Å². The summed E-state index contributed by atoms with van der Waals surface area (Å²) in [7, 11) is -15.2. The van der Waals surface area contributed by atoms with Gasteiger partial charge in [0.15, 0.2) is 0 Å². The minimum absolute atomic E-state index is 0.154. The molecule has 0 aliphatic carbocycles. The molecule has 9 N–H and O–H groups in total. The molecule has 3 atom stereocenters. The Bertz CT molecular complexity index is 900. The number of ether oxygens (including phenoxy) is 1. The number of hydrogen-bond donors (Lipinski definition) is 9. The molecule has 21 heteroatoms. The fourth-order valence-corrected chi connectivity index (χ4v) is 4.35. The topological polar surface area (TPSA) is 288 Å². The first-order valence-electron chi connectivity index (χ1n) is 10.4. The molecule has 0 aliphatic rings. The van der Waals surface area contributed by atoms with Gasteiger partial charge in [0.2, 0.25) is 11.8 Å². The first-order chi connectivity index (χ1) is 16.5. The molecule has 0 aromatic carbocycles. The van der Waals surface area contributed by atoms with Crippen LogP contribution in [0.3, 0.4) is 0 Å². The molecule has 220 valence electrons. The molecule has 0 aromatic heterocycles. The molecule has 0 fully saturated rings. The fraction of sp³-hybridized carbons (Fsp3) is 0.875. The van der Waals surface area contributed by atoms with Gasteiger partial charge in [0, 0.05) is 10.8 Å². The Kier molecular flexibility index (Phi) is 14.2. The van der Waals surface area contributed by atoms with Crippen molar-refractivity contribution in [3.05, 3.63) is 0 Å². The molecule has 0 aliphatic heterocycles. The van der Waals surface area contributed by atoms with Crippen LogP contribution in [0.15, 0.2) is 0 Å². The Morgan fingerprint density at radius 2 is 1.11 bits per heavy atom. The van der Waals surface area contributed by atoms with E-state index in [-0.39, 0.29) is 26.1 Å². The molecule has 0 radical (unpaired) electrons. The summed E-state index contributed by atoms with van der Waals surface area (Å²) in [6.07, 6.45) is -3.58. The molecule has 0 rings (SSSR count). The van der Waals surface area contributed by atoms with Crippen LogP contribution in [0.2, 0.25) is 0 Å². The maximum Gasteiger partial charge on any atom is 0.481 e. The van der Waals surface area contributed by atoms with Crippen LogP contribution in [0.5, 0.6) is 0 Å². The molecule has 2 amide bonds. The summed E-state index contributed by atoms with van der Waals surface area (Å²) in [6, 6.07) is 0. The maximum atomic E-state index is 12.0. The fourth-order valence-electron chi connectivity index (χ4n) is 2.09. The molecule has 3 unspecified atom stereocenters. The third-order valence-electron chi connectivity index (χ3n) is 4.44. The zero-order chi connectivity index (χ0) is 29.3. The number of phosphoric ester groups is 2. The van der Waals surface area contributed by atoms with E-state index in [2.05, 4.69) is 24.0 Å². The number of amides is 2. The Balaban J connectivity index is 4.35. The van der Waals surface area contributed by atoms with Gasteiger partial charge in [0.25, 0.3) is 0 Å². The minimum Gasteiger partial charge on any atom is -0.380 e. The summed E-state index contributed by atoms with van der Waals surface area (Å²) in [6.45, 7) is 3.85. The lowest BCUT2D eigenvalue weighted by molar-refractivity contribution is -0.129. The molecule has 0 spiro atoms. The Labute approximate surface area is 212 Å². The van der Waals surface area contributed by atoms with Crippen molar-refractivity contribution in [2.75, 3.05) is 26.4 Å². The van der Waals surface area contributed by atoms with Gasteiger partial charge in [-0.05, 0) is 0 Å². The van der Waals surface area contributed by atoms with E-state index in [1.54, 1.807) is 0 Å². The van der Waals surface area contributed by atoms with Gasteiger partial charge >= 0.3 is 23.5 Å². The van der Waals surface area contributed by atoms with Gasteiger partial charge in [-0.25, -0.2) is 13.7 Å². The standard InChI is InChI=1S/C16H35N2O16P3/c1-15(2,9-32-35(23,24)25)13(21)17-11(19)5-7-31-8-6-12(20)18-14(22)16(3,4)10-33-37(29,30)34-36(26,27)28/h13-14,21-22H,5-10H2,1-4H3,(H,17,19)(H,18,20)(H,29,30)(H2,23,24,25)(H2,26,27,28). The van der Waals surface area contributed by atoms with Gasteiger partial charge in [-0.3, -0.25) is 18.6 Å². The lowest BCUT2D eigenvalue weighted by Crippen LogP contribution is -2.47. The first-order valence-corrected chi connectivity index (χ1v) is 15.0. The highest BCUT2D eigenvalue weighted by Gasteiger charge is 2.37. The van der Waals surface area contributed by atoms with E-state index >= 15 is 0 Å². The Hall–Kier alpha value is -0.810. The highest BCUT2D eigenvalue weighted by molar-refractivity contribution is 7.60. The van der Waals surface area contributed by atoms with E-state index in [1.165, 1.54) is 27.7 Å². The first kappa shape index (κ1) is 36.2. The largest absolute Gasteiger partial charge is 0.481 e. The number of hydrogen-bond acceptors (Lipinski definition) is 11. The molecular weight excluding hydrogens is 569 g/mol. The lowest BCUT2D eigenvalue weighted by Gasteiger charge is -2.31. The van der Waals surface area contributed by atoms with Crippen LogP contribution in [0.4, 0.5) is 0 Å². The van der Waals surface area contributed by atoms with Gasteiger partial charge in [-0.2, -0.15) is 4.31 Å². The van der Waals surface area contributed by atoms with Crippen molar-refractivity contribution in [1.82, 2.24) is 10.6 Å². The summed E-state index contributed by atoms with van der Waals surface area (Å²) in [5.41, 5.74) is -2.62. The summed E-state index contributed by atoms with van der Waals surface area (Å²) < 4.78 is 50.5. The SMILES string of the molecule is CC(C)(COP(=O)(O)O)C(O)NC(=O)CCOCCC(=O)NC(O)C(C)(C)COP(=O)(O)OP(=O)(O)O. The third kappa shape index (κ3) is 17.4. The van der Waals surface area contributed by atoms with Crippen molar-refractivity contribution in [3.8, 4) is 0 Å². The van der Waals surface area contributed by atoms with E-state index in [0.717, 1.165) is 0 Å². The van der Waals surface area contributed by atoms with Crippen molar-refractivity contribution in [1.29, 1.82) is 0 Å². The molecule has 0 saturated heterocycles. The highest BCUT2D eigenvalue weighted by Crippen LogP contribution is 2.58. The van der Waals surface area contributed by atoms with E-state index in [0.29, 0.717) is 0 Å². The second kappa shape index (κ2) is 14.5. The van der Waals surface area contributed by atoms with Crippen LogP contribution in [-0.2, 0) is 41.4 Å². The average molecular weight is 604 g/mol. The van der Waals surface area contributed by atoms with Crippen LogP contribution >= 0.6 is 23.5 Å². The van der Waals surface area contributed by atoms with E-state index < -0.39 is 71.8 Å². The van der Waals surface area contributed by atoms with Gasteiger partial charge in [0.05, 0.1) is 39.3 Å². The van der Waals surface area contributed by atoms with Gasteiger partial charge in [-0.15, -0.1) is 0 Å². The maximum absolute atomic E-state index is 12.0. The summed E-state index contributed by atoms with van der Waals surface area (Å²) >= 11 is 0. The smallest absolute Gasteiger partial charge is 0.380 e. The van der Waals surface area contributed by atoms with E-state index in [9.17, 15) is 38.4 Å². The van der Waals surface area contributed by atoms with Crippen LogP contribution in [0.25, 0.3) is 0 Å². The quantitative estimate of drug-likeness (QED) is 0.0517. The molecular formula is C16H35N2O16P3. The Morgan fingerprint density at radius 3 is 1.46 bits per heavy atom. The minimum atomic E-state index is -5.32. The molecule has 0 saturated carbocycles. The number of phosphoric acid groups is 3. The van der Waals surface area contributed by atoms with Gasteiger partial charge < -0.3 is 50.1 Å². The molecule has 0 aromatic rings. The van der Waals surface area contributed by atoms with Crippen molar-refractivity contribution in [2.24, 2.45) is 10.8 Å². The molecule has 0 heterocycles. The number of carbonyl (C=O) groups excluding carboxylic acids is 2. The second-order valence-electron chi connectivity index (χ2n) is 9.11. The number of rotatable bonds is 18. The third-order valence-corrected chi connectivity index (χ3v) is 7.03. The van der Waals surface area contributed by atoms with Crippen LogP contribution in [0, 0.1) is 10.8 Å². The Morgan fingerprint density at radius 1 is 0.730 bits per heavy atom. The average Bonchev–Trinajstić information content (AvgIpc) is 2.68. The van der Waals surface area contributed by atoms with Crippen molar-refractivity contribution >= 4 is 35.3 Å². The molecule has 37 heavy (non-hydrogen) atoms. The number of nitrogens with one attached hydrogen (secondary N) is 2. The highest BCUT2D eigenvalue weighted by atomic mass is 31.3. The van der Waals surface area contributed by atoms with Crippen LogP contribution < -0.4 is 10.6 Å². The molecule has 18 nitrogen and oxygen atoms in total. The van der Waals surface area contributed by atoms with E-state index in [4.69, 9.17) is 24.3 Å². The lowest BCUT2D eigenvalue weighted by atomic mass is 9.92. The van der Waals surface area contributed by atoms with Gasteiger partial charge in [0.1, 0.15) is 12.5 Å². The number of carbonyl (C=O) groups is 2. The summed E-state index contributed by atoms with van der Waals surface area (Å²) in [5.74, 6) is -1.35. The summed E-state index contributed by atoms with van der Waals surface area (Å²) in [4.78, 5) is 67.8. The zero-order valence-electron chi connectivity index (χ0n) is 20.5. The zero-order valence-corrected chi connectivity index (χ0v) is 23.2. The second-order valence-corrected chi connectivity index (χ2v) is 13.2. The monoisotopic (exact) mass is 604 g/mol. The predicted molar refractivity (Wildman–Crippen MR) is 123 cm³/mol. The normalized spacial score (nSPS) is 16.5.